The van der Waals surface area contributed by atoms with Crippen molar-refractivity contribution in [3.8, 4) is 5.75 Å². The van der Waals surface area contributed by atoms with Gasteiger partial charge in [0, 0.05) is 12.3 Å². The van der Waals surface area contributed by atoms with Crippen molar-refractivity contribution in [1.82, 2.24) is 5.32 Å². The summed E-state index contributed by atoms with van der Waals surface area (Å²) in [7, 11) is -5.56. The van der Waals surface area contributed by atoms with Crippen molar-refractivity contribution >= 4 is 31.5 Å². The Balaban J connectivity index is 2.20. The summed E-state index contributed by atoms with van der Waals surface area (Å²) in [6.07, 6.45) is 2.70. The first-order chi connectivity index (χ1) is 14.0. The molecule has 0 bridgehead atoms. The van der Waals surface area contributed by atoms with Crippen molar-refractivity contribution in [3.63, 3.8) is 0 Å². The van der Waals surface area contributed by atoms with E-state index in [9.17, 15) is 21.6 Å². The van der Waals surface area contributed by atoms with Gasteiger partial charge in [-0.3, -0.25) is 9.10 Å². The first-order valence-electron chi connectivity index (χ1n) is 9.17. The standard InChI is InChI=1S/C20H26N2O6S2/c1-5-19(15-9-11-18(12-10-15)29(3,24)25)21-20(23)14-22(30(4,26)27)16-7-6-8-17(13-16)28-2/h6-13,19H,5,14H2,1-4H3,(H,21,23). The van der Waals surface area contributed by atoms with E-state index < -0.39 is 38.4 Å². The molecule has 1 amide bonds. The minimum atomic E-state index is -3.72. The Hall–Kier alpha value is -2.59. The molecule has 0 aromatic heterocycles. The number of carbonyl (C=O) groups is 1. The minimum absolute atomic E-state index is 0.189. The van der Waals surface area contributed by atoms with Crippen molar-refractivity contribution in [3.05, 3.63) is 54.1 Å². The fourth-order valence-corrected chi connectivity index (χ4v) is 4.38. The van der Waals surface area contributed by atoms with Crippen LogP contribution in [-0.2, 0) is 24.7 Å². The monoisotopic (exact) mass is 454 g/mol. The molecule has 2 aromatic carbocycles. The van der Waals surface area contributed by atoms with Crippen LogP contribution in [0.1, 0.15) is 24.9 Å². The molecule has 1 atom stereocenters. The second-order valence-electron chi connectivity index (χ2n) is 6.84. The van der Waals surface area contributed by atoms with Gasteiger partial charge in [0.1, 0.15) is 12.3 Å². The van der Waals surface area contributed by atoms with Crippen LogP contribution in [0, 0.1) is 0 Å². The quantitative estimate of drug-likeness (QED) is 0.622. The Morgan fingerprint density at radius 1 is 1.07 bits per heavy atom. The molecule has 164 valence electrons. The van der Waals surface area contributed by atoms with Crippen LogP contribution in [-0.4, -0.2) is 48.9 Å². The highest BCUT2D eigenvalue weighted by Crippen LogP contribution is 2.23. The second kappa shape index (κ2) is 9.48. The number of ether oxygens (including phenoxy) is 1. The third-order valence-corrected chi connectivity index (χ3v) is 6.75. The Bertz CT molecular complexity index is 1100. The van der Waals surface area contributed by atoms with Crippen LogP contribution in [0.2, 0.25) is 0 Å². The van der Waals surface area contributed by atoms with E-state index in [0.29, 0.717) is 17.9 Å². The molecule has 2 rings (SSSR count). The van der Waals surface area contributed by atoms with Gasteiger partial charge in [0.15, 0.2) is 9.84 Å². The normalized spacial score (nSPS) is 12.8. The first-order valence-corrected chi connectivity index (χ1v) is 12.9. The van der Waals surface area contributed by atoms with Crippen LogP contribution in [0.5, 0.6) is 5.75 Å². The number of hydrogen-bond donors (Lipinski definition) is 1. The molecule has 0 spiro atoms. The molecular weight excluding hydrogens is 428 g/mol. The van der Waals surface area contributed by atoms with E-state index in [2.05, 4.69) is 5.32 Å². The van der Waals surface area contributed by atoms with Gasteiger partial charge in [-0.1, -0.05) is 25.1 Å². The Labute approximate surface area is 177 Å². The molecule has 10 heteroatoms. The summed E-state index contributed by atoms with van der Waals surface area (Å²) in [5.74, 6) is -0.0127. The predicted octanol–water partition coefficient (Wildman–Crippen LogP) is 2.13. The molecule has 8 nitrogen and oxygen atoms in total. The summed E-state index contributed by atoms with van der Waals surface area (Å²) >= 11 is 0. The highest BCUT2D eigenvalue weighted by molar-refractivity contribution is 7.92. The van der Waals surface area contributed by atoms with Crippen LogP contribution in [0.3, 0.4) is 0 Å². The van der Waals surface area contributed by atoms with Crippen molar-refractivity contribution < 1.29 is 26.4 Å². The molecule has 2 aromatic rings. The first kappa shape index (κ1) is 23.7. The lowest BCUT2D eigenvalue weighted by Gasteiger charge is -2.24. The number of anilines is 1. The van der Waals surface area contributed by atoms with Gasteiger partial charge < -0.3 is 10.1 Å². The van der Waals surface area contributed by atoms with E-state index in [1.807, 2.05) is 6.92 Å². The lowest BCUT2D eigenvalue weighted by Crippen LogP contribution is -2.41. The molecular formula is C20H26N2O6S2. The highest BCUT2D eigenvalue weighted by Gasteiger charge is 2.23. The fraction of sp³-hybridized carbons (Fsp3) is 0.350. The largest absolute Gasteiger partial charge is 0.497 e. The van der Waals surface area contributed by atoms with Gasteiger partial charge in [-0.25, -0.2) is 16.8 Å². The number of sulfonamides is 1. The minimum Gasteiger partial charge on any atom is -0.497 e. The predicted molar refractivity (Wildman–Crippen MR) is 116 cm³/mol. The summed E-state index contributed by atoms with van der Waals surface area (Å²) in [6, 6.07) is 12.3. The van der Waals surface area contributed by atoms with E-state index in [0.717, 1.165) is 22.4 Å². The van der Waals surface area contributed by atoms with E-state index in [1.165, 1.54) is 25.3 Å². The molecule has 0 fully saturated rings. The number of methoxy groups -OCH3 is 1. The summed E-state index contributed by atoms with van der Waals surface area (Å²) in [4.78, 5) is 12.8. The molecule has 0 saturated heterocycles. The molecule has 0 aliphatic rings. The average Bonchev–Trinajstić information content (AvgIpc) is 2.69. The van der Waals surface area contributed by atoms with Crippen LogP contribution in [0.15, 0.2) is 53.4 Å². The van der Waals surface area contributed by atoms with Gasteiger partial charge in [0.25, 0.3) is 0 Å². The number of rotatable bonds is 9. The van der Waals surface area contributed by atoms with Crippen molar-refractivity contribution in [1.29, 1.82) is 0 Å². The number of benzene rings is 2. The maximum absolute atomic E-state index is 12.7. The fourth-order valence-electron chi connectivity index (χ4n) is 2.90. The lowest BCUT2D eigenvalue weighted by atomic mass is 10.0. The summed E-state index contributed by atoms with van der Waals surface area (Å²) in [6.45, 7) is 1.47. The molecule has 1 N–H and O–H groups in total. The zero-order valence-electron chi connectivity index (χ0n) is 17.3. The van der Waals surface area contributed by atoms with Gasteiger partial charge in [-0.2, -0.15) is 0 Å². The number of amides is 1. The zero-order valence-corrected chi connectivity index (χ0v) is 19.0. The molecule has 30 heavy (non-hydrogen) atoms. The van der Waals surface area contributed by atoms with Gasteiger partial charge in [-0.15, -0.1) is 0 Å². The van der Waals surface area contributed by atoms with Crippen LogP contribution >= 0.6 is 0 Å². The third kappa shape index (κ3) is 6.20. The smallest absolute Gasteiger partial charge is 0.241 e. The number of carbonyl (C=O) groups excluding carboxylic acids is 1. The third-order valence-electron chi connectivity index (χ3n) is 4.48. The van der Waals surface area contributed by atoms with Crippen molar-refractivity contribution in [2.45, 2.75) is 24.3 Å². The molecule has 0 aliphatic carbocycles. The molecule has 1 unspecified atom stereocenters. The number of nitrogens with one attached hydrogen (secondary N) is 1. The number of hydrogen-bond acceptors (Lipinski definition) is 6. The average molecular weight is 455 g/mol. The maximum atomic E-state index is 12.7. The van der Waals surface area contributed by atoms with Crippen LogP contribution < -0.4 is 14.4 Å². The Morgan fingerprint density at radius 3 is 2.20 bits per heavy atom. The van der Waals surface area contributed by atoms with Crippen molar-refractivity contribution in [2.75, 3.05) is 30.5 Å². The molecule has 0 radical (unpaired) electrons. The van der Waals surface area contributed by atoms with Crippen molar-refractivity contribution in [2.24, 2.45) is 0 Å². The van der Waals surface area contributed by atoms with Gasteiger partial charge >= 0.3 is 0 Å². The van der Waals surface area contributed by atoms with Gasteiger partial charge in [0.05, 0.1) is 30.0 Å². The Kier molecular flexibility index (Phi) is 7.49. The molecule has 0 heterocycles. The van der Waals surface area contributed by atoms with E-state index in [4.69, 9.17) is 4.74 Å². The van der Waals surface area contributed by atoms with E-state index >= 15 is 0 Å². The molecule has 0 saturated carbocycles. The molecule has 0 aliphatic heterocycles. The van der Waals surface area contributed by atoms with Crippen LogP contribution in [0.25, 0.3) is 0 Å². The van der Waals surface area contributed by atoms with E-state index in [1.54, 1.807) is 30.3 Å². The summed E-state index contributed by atoms with van der Waals surface area (Å²) in [5.41, 5.74) is 1.04. The number of sulfone groups is 1. The van der Waals surface area contributed by atoms with Gasteiger partial charge in [0.2, 0.25) is 15.9 Å². The number of nitrogens with zero attached hydrogens (tertiary/aromatic N) is 1. The van der Waals surface area contributed by atoms with Crippen LogP contribution in [0.4, 0.5) is 5.69 Å². The summed E-state index contributed by atoms with van der Waals surface area (Å²) < 4.78 is 53.9. The Morgan fingerprint density at radius 2 is 1.70 bits per heavy atom. The van der Waals surface area contributed by atoms with E-state index in [-0.39, 0.29) is 4.90 Å². The topological polar surface area (TPSA) is 110 Å². The zero-order chi connectivity index (χ0) is 22.5. The second-order valence-corrected chi connectivity index (χ2v) is 10.8. The lowest BCUT2D eigenvalue weighted by molar-refractivity contribution is -0.120. The maximum Gasteiger partial charge on any atom is 0.241 e. The SMILES string of the molecule is CCC(NC(=O)CN(c1cccc(OC)c1)S(C)(=O)=O)c1ccc(S(C)(=O)=O)cc1. The van der Waals surface area contributed by atoms with Gasteiger partial charge in [-0.05, 0) is 36.2 Å². The highest BCUT2D eigenvalue weighted by atomic mass is 32.2. The summed E-state index contributed by atoms with van der Waals surface area (Å²) in [5, 5.41) is 2.82.